The average molecular weight is 358 g/mol. The third-order valence-electron chi connectivity index (χ3n) is 2.77. The highest BCUT2D eigenvalue weighted by molar-refractivity contribution is 9.10. The molecule has 2 aromatic heterocycles. The quantitative estimate of drug-likeness (QED) is 0.758. The van der Waals surface area contributed by atoms with E-state index in [1.807, 2.05) is 11.4 Å². The Bertz CT molecular complexity index is 733. The molecule has 0 atom stereocenters. The van der Waals surface area contributed by atoms with Crippen LogP contribution in [0.3, 0.4) is 0 Å². The summed E-state index contributed by atoms with van der Waals surface area (Å²) in [6.07, 6.45) is 0.837. The fraction of sp³-hybridized carbons (Fsp3) is 0.333. The maximum absolute atomic E-state index is 11.8. The van der Waals surface area contributed by atoms with Crippen molar-refractivity contribution in [2.75, 3.05) is 0 Å². The van der Waals surface area contributed by atoms with Crippen molar-refractivity contribution in [2.24, 2.45) is 7.05 Å². The van der Waals surface area contributed by atoms with Crippen LogP contribution < -0.4 is 11.2 Å². The van der Waals surface area contributed by atoms with Crippen LogP contribution in [0.4, 0.5) is 0 Å². The second-order valence-electron chi connectivity index (χ2n) is 4.16. The van der Waals surface area contributed by atoms with Gasteiger partial charge in [-0.2, -0.15) is 5.10 Å². The summed E-state index contributed by atoms with van der Waals surface area (Å²) in [5.41, 5.74) is -0.956. The second kappa shape index (κ2) is 6.27. The second-order valence-corrected chi connectivity index (χ2v) is 5.86. The molecular formula is C12H12BrN3O3S. The first kappa shape index (κ1) is 14.9. The van der Waals surface area contributed by atoms with Crippen LogP contribution in [0.5, 0.6) is 0 Å². The van der Waals surface area contributed by atoms with E-state index in [-0.39, 0.29) is 10.4 Å². The maximum atomic E-state index is 11.8. The molecule has 6 nitrogen and oxygen atoms in total. The molecule has 0 spiro atoms. The van der Waals surface area contributed by atoms with Gasteiger partial charge in [0.05, 0.1) is 4.88 Å². The van der Waals surface area contributed by atoms with Crippen molar-refractivity contribution < 1.29 is 4.79 Å². The minimum absolute atomic E-state index is 0.0527. The third-order valence-corrected chi connectivity index (χ3v) is 4.18. The summed E-state index contributed by atoms with van der Waals surface area (Å²) in [5.74, 6) is 0.0527. The van der Waals surface area contributed by atoms with E-state index >= 15 is 0 Å². The molecule has 2 heterocycles. The number of aromatic nitrogens is 3. The van der Waals surface area contributed by atoms with E-state index in [0.717, 1.165) is 4.57 Å². The maximum Gasteiger partial charge on any atom is 0.347 e. The number of hydrogen-bond acceptors (Lipinski definition) is 5. The molecule has 0 unspecified atom stereocenters. The van der Waals surface area contributed by atoms with Gasteiger partial charge in [-0.15, -0.1) is 11.3 Å². The number of nitrogens with zero attached hydrogens (tertiary/aromatic N) is 3. The summed E-state index contributed by atoms with van der Waals surface area (Å²) in [7, 11) is 1.39. The molecule has 0 aliphatic heterocycles. The third kappa shape index (κ3) is 3.13. The number of carbonyl (C=O) groups is 1. The molecule has 20 heavy (non-hydrogen) atoms. The zero-order chi connectivity index (χ0) is 14.7. The van der Waals surface area contributed by atoms with E-state index in [2.05, 4.69) is 21.0 Å². The number of hydrogen-bond donors (Lipinski definition) is 0. The zero-order valence-corrected chi connectivity index (χ0v) is 13.1. The lowest BCUT2D eigenvalue weighted by Crippen LogP contribution is -2.40. The number of thiophene rings is 1. The molecule has 2 rings (SSSR count). The van der Waals surface area contributed by atoms with Gasteiger partial charge in [0, 0.05) is 20.0 Å². The van der Waals surface area contributed by atoms with E-state index in [1.54, 1.807) is 6.07 Å². The standard InChI is InChI=1S/C12H12BrN3O3S/c1-15-11(18)10(13)14-16(12(15)19)6-2-4-8(17)9-5-3-7-20-9/h3,5,7H,2,4,6H2,1H3. The average Bonchev–Trinajstić information content (AvgIpc) is 2.96. The molecule has 0 amide bonds. The summed E-state index contributed by atoms with van der Waals surface area (Å²) < 4.78 is 2.26. The van der Waals surface area contributed by atoms with Crippen LogP contribution in [0.15, 0.2) is 31.7 Å². The number of rotatable bonds is 5. The van der Waals surface area contributed by atoms with Crippen molar-refractivity contribution in [3.63, 3.8) is 0 Å². The van der Waals surface area contributed by atoms with Crippen molar-refractivity contribution in [3.8, 4) is 0 Å². The Morgan fingerprint density at radius 2 is 2.20 bits per heavy atom. The lowest BCUT2D eigenvalue weighted by Gasteiger charge is -2.06. The van der Waals surface area contributed by atoms with Gasteiger partial charge in [0.2, 0.25) is 0 Å². The number of ketones is 1. The highest BCUT2D eigenvalue weighted by Gasteiger charge is 2.10. The fourth-order valence-corrected chi connectivity index (χ4v) is 2.84. The van der Waals surface area contributed by atoms with Gasteiger partial charge < -0.3 is 0 Å². The van der Waals surface area contributed by atoms with Crippen molar-refractivity contribution in [2.45, 2.75) is 19.4 Å². The van der Waals surface area contributed by atoms with Crippen molar-refractivity contribution >= 4 is 33.0 Å². The number of aryl methyl sites for hydroxylation is 1. The van der Waals surface area contributed by atoms with Gasteiger partial charge >= 0.3 is 5.69 Å². The molecule has 2 aromatic rings. The summed E-state index contributed by atoms with van der Waals surface area (Å²) in [6.45, 7) is 0.294. The number of carbonyl (C=O) groups excluding carboxylic acids is 1. The van der Waals surface area contributed by atoms with Crippen LogP contribution in [-0.4, -0.2) is 20.1 Å². The lowest BCUT2D eigenvalue weighted by molar-refractivity contribution is 0.0982. The van der Waals surface area contributed by atoms with Crippen LogP contribution in [0, 0.1) is 0 Å². The Morgan fingerprint density at radius 3 is 2.85 bits per heavy atom. The first-order valence-electron chi connectivity index (χ1n) is 5.91. The topological polar surface area (TPSA) is 74.0 Å². The van der Waals surface area contributed by atoms with Gasteiger partial charge in [-0.25, -0.2) is 9.48 Å². The molecule has 8 heteroatoms. The highest BCUT2D eigenvalue weighted by Crippen LogP contribution is 2.12. The van der Waals surface area contributed by atoms with Gasteiger partial charge in [-0.3, -0.25) is 14.2 Å². The van der Waals surface area contributed by atoms with E-state index in [9.17, 15) is 14.4 Å². The minimum atomic E-state index is -0.484. The normalized spacial score (nSPS) is 10.7. The number of Topliss-reactive ketones (excluding diaryl/α,β-unsaturated/α-hetero) is 1. The lowest BCUT2D eigenvalue weighted by atomic mass is 10.2. The molecule has 0 aliphatic carbocycles. The molecule has 0 saturated carbocycles. The predicted molar refractivity (Wildman–Crippen MR) is 79.3 cm³/mol. The summed E-state index contributed by atoms with van der Waals surface area (Å²) >= 11 is 4.41. The molecule has 0 radical (unpaired) electrons. The van der Waals surface area contributed by atoms with Crippen LogP contribution >= 0.6 is 27.3 Å². The van der Waals surface area contributed by atoms with E-state index in [4.69, 9.17) is 0 Å². The Labute approximate surface area is 126 Å². The van der Waals surface area contributed by atoms with Crippen molar-refractivity contribution in [1.82, 2.24) is 14.3 Å². The first-order valence-corrected chi connectivity index (χ1v) is 7.58. The smallest absolute Gasteiger partial charge is 0.293 e. The Hall–Kier alpha value is -1.54. The van der Waals surface area contributed by atoms with Gasteiger partial charge in [-0.1, -0.05) is 6.07 Å². The molecule has 0 aliphatic rings. The molecule has 0 bridgehead atoms. The molecule has 106 valence electrons. The van der Waals surface area contributed by atoms with Gasteiger partial charge in [0.1, 0.15) is 0 Å². The molecule has 0 saturated heterocycles. The predicted octanol–water partition coefficient (Wildman–Crippen LogP) is 1.43. The van der Waals surface area contributed by atoms with E-state index in [0.29, 0.717) is 24.3 Å². The monoisotopic (exact) mass is 357 g/mol. The summed E-state index contributed by atoms with van der Waals surface area (Å²) in [4.78, 5) is 35.8. The van der Waals surface area contributed by atoms with Gasteiger partial charge in [0.25, 0.3) is 5.56 Å². The van der Waals surface area contributed by atoms with E-state index < -0.39 is 11.2 Å². The first-order chi connectivity index (χ1) is 9.50. The van der Waals surface area contributed by atoms with Crippen LogP contribution in [0.1, 0.15) is 22.5 Å². The Morgan fingerprint density at radius 1 is 1.45 bits per heavy atom. The fourth-order valence-electron chi connectivity index (χ4n) is 1.69. The molecule has 0 N–H and O–H groups in total. The molecule has 0 fully saturated rings. The van der Waals surface area contributed by atoms with Crippen molar-refractivity contribution in [1.29, 1.82) is 0 Å². The SMILES string of the molecule is Cn1c(=O)c(Br)nn(CCCC(=O)c2cccs2)c1=O. The van der Waals surface area contributed by atoms with Gasteiger partial charge in [0.15, 0.2) is 10.4 Å². The summed E-state index contributed by atoms with van der Waals surface area (Å²) in [6, 6.07) is 3.61. The van der Waals surface area contributed by atoms with Crippen molar-refractivity contribution in [3.05, 3.63) is 47.8 Å². The zero-order valence-electron chi connectivity index (χ0n) is 10.7. The van der Waals surface area contributed by atoms with E-state index in [1.165, 1.54) is 23.1 Å². The largest absolute Gasteiger partial charge is 0.347 e. The Balaban J connectivity index is 2.04. The minimum Gasteiger partial charge on any atom is -0.293 e. The number of halogens is 1. The van der Waals surface area contributed by atoms with Crippen LogP contribution in [0.25, 0.3) is 0 Å². The molecule has 0 aromatic carbocycles. The summed E-state index contributed by atoms with van der Waals surface area (Å²) in [5, 5.41) is 5.72. The molecular weight excluding hydrogens is 346 g/mol. The van der Waals surface area contributed by atoms with Crippen LogP contribution in [-0.2, 0) is 13.6 Å². The van der Waals surface area contributed by atoms with Crippen LogP contribution in [0.2, 0.25) is 0 Å². The highest BCUT2D eigenvalue weighted by atomic mass is 79.9. The Kier molecular flexibility index (Phi) is 4.66. The van der Waals surface area contributed by atoms with Gasteiger partial charge in [-0.05, 0) is 33.8 Å².